The van der Waals surface area contributed by atoms with Crippen LogP contribution in [0, 0.1) is 6.92 Å². The molecule has 0 aromatic heterocycles. The fraction of sp³-hybridized carbons (Fsp3) is 0.250. The van der Waals surface area contributed by atoms with E-state index in [1.54, 1.807) is 36.0 Å². The zero-order valence-corrected chi connectivity index (χ0v) is 17.8. The van der Waals surface area contributed by atoms with Crippen LogP contribution in [0.25, 0.3) is 0 Å². The summed E-state index contributed by atoms with van der Waals surface area (Å²) in [4.78, 5) is 40.3. The molecule has 4 rings (SSSR count). The summed E-state index contributed by atoms with van der Waals surface area (Å²) in [6, 6.07) is 10.5. The van der Waals surface area contributed by atoms with Crippen molar-refractivity contribution in [2.75, 3.05) is 23.0 Å². The number of carbonyl (C=O) groups is 3. The molecule has 154 valence electrons. The first-order valence-corrected chi connectivity index (χ1v) is 10.7. The third-order valence-corrected chi connectivity index (χ3v) is 6.06. The second-order valence-corrected chi connectivity index (χ2v) is 8.20. The van der Waals surface area contributed by atoms with Crippen molar-refractivity contribution in [3.05, 3.63) is 53.1 Å². The standard InChI is InChI=1S/C20H18ClN5O3S/c1-11-6-7-13(9-15(11)21)26-19(28)17-18(20(26)29)25(24-23-17)10-16(27)22-12-4-3-5-14(8-12)30-2/h3-9,17-18H,10H2,1-2H3,(H,22,27)/t17-,18-/m1/s1. The fourth-order valence-electron chi connectivity index (χ4n) is 3.38. The van der Waals surface area contributed by atoms with Crippen molar-refractivity contribution in [1.29, 1.82) is 0 Å². The number of hydrogen-bond acceptors (Lipinski definition) is 7. The van der Waals surface area contributed by atoms with Crippen LogP contribution in [-0.2, 0) is 14.4 Å². The summed E-state index contributed by atoms with van der Waals surface area (Å²) in [5, 5.41) is 12.3. The van der Waals surface area contributed by atoms with Crippen molar-refractivity contribution in [3.63, 3.8) is 0 Å². The van der Waals surface area contributed by atoms with E-state index < -0.39 is 23.9 Å². The maximum absolute atomic E-state index is 13.0. The zero-order chi connectivity index (χ0) is 21.4. The lowest BCUT2D eigenvalue weighted by Crippen LogP contribution is -2.43. The predicted molar refractivity (Wildman–Crippen MR) is 115 cm³/mol. The van der Waals surface area contributed by atoms with Crippen molar-refractivity contribution in [1.82, 2.24) is 5.01 Å². The molecule has 8 nitrogen and oxygen atoms in total. The SMILES string of the molecule is CSc1cccc(NC(=O)CN2N=N[C@H]3C(=O)N(c4ccc(C)c(Cl)c4)C(=O)[C@@H]32)c1. The lowest BCUT2D eigenvalue weighted by Gasteiger charge is -2.20. The van der Waals surface area contributed by atoms with Crippen LogP contribution in [-0.4, -0.2) is 47.6 Å². The van der Waals surface area contributed by atoms with E-state index >= 15 is 0 Å². The van der Waals surface area contributed by atoms with E-state index in [0.29, 0.717) is 16.4 Å². The molecule has 2 heterocycles. The Kier molecular flexibility index (Phi) is 5.48. The number of imide groups is 1. The molecule has 0 spiro atoms. The van der Waals surface area contributed by atoms with E-state index in [2.05, 4.69) is 15.7 Å². The monoisotopic (exact) mass is 443 g/mol. The first kappa shape index (κ1) is 20.4. The molecule has 0 aliphatic carbocycles. The normalized spacial score (nSPS) is 20.1. The predicted octanol–water partition coefficient (Wildman–Crippen LogP) is 3.30. The van der Waals surface area contributed by atoms with Gasteiger partial charge in [-0.15, -0.1) is 11.8 Å². The first-order chi connectivity index (χ1) is 14.4. The van der Waals surface area contributed by atoms with Gasteiger partial charge < -0.3 is 5.32 Å². The topological polar surface area (TPSA) is 94.4 Å². The van der Waals surface area contributed by atoms with Crippen molar-refractivity contribution in [2.24, 2.45) is 10.3 Å². The summed E-state index contributed by atoms with van der Waals surface area (Å²) < 4.78 is 0. The number of rotatable bonds is 5. The summed E-state index contributed by atoms with van der Waals surface area (Å²) in [6.07, 6.45) is 1.95. The fourth-order valence-corrected chi connectivity index (χ4v) is 4.01. The minimum absolute atomic E-state index is 0.199. The van der Waals surface area contributed by atoms with E-state index in [9.17, 15) is 14.4 Å². The average molecular weight is 444 g/mol. The Morgan fingerprint density at radius 2 is 2.00 bits per heavy atom. The van der Waals surface area contributed by atoms with Gasteiger partial charge in [0, 0.05) is 15.6 Å². The van der Waals surface area contributed by atoms with Crippen LogP contribution in [0.15, 0.2) is 57.7 Å². The molecule has 10 heteroatoms. The highest BCUT2D eigenvalue weighted by atomic mass is 35.5. The maximum atomic E-state index is 13.0. The molecule has 3 amide bonds. The van der Waals surface area contributed by atoms with Crippen LogP contribution in [0.3, 0.4) is 0 Å². The van der Waals surface area contributed by atoms with Gasteiger partial charge in [0.2, 0.25) is 5.91 Å². The molecule has 0 bridgehead atoms. The van der Waals surface area contributed by atoms with Crippen LogP contribution in [0.1, 0.15) is 5.56 Å². The molecular formula is C20H18ClN5O3S. The number of thioether (sulfide) groups is 1. The van der Waals surface area contributed by atoms with Crippen molar-refractivity contribution >= 4 is 52.5 Å². The Morgan fingerprint density at radius 1 is 1.20 bits per heavy atom. The number of fused-ring (bicyclic) bond motifs is 1. The highest BCUT2D eigenvalue weighted by Gasteiger charge is 2.55. The lowest BCUT2D eigenvalue weighted by atomic mass is 10.1. The van der Waals surface area contributed by atoms with E-state index in [1.165, 1.54) is 5.01 Å². The largest absolute Gasteiger partial charge is 0.324 e. The minimum atomic E-state index is -0.967. The Hall–Kier alpha value is -2.91. The summed E-state index contributed by atoms with van der Waals surface area (Å²) in [5.74, 6) is -1.32. The van der Waals surface area contributed by atoms with Crippen LogP contribution in [0.2, 0.25) is 5.02 Å². The number of benzene rings is 2. The molecule has 1 N–H and O–H groups in total. The number of anilines is 2. The summed E-state index contributed by atoms with van der Waals surface area (Å²) in [7, 11) is 0. The van der Waals surface area contributed by atoms with Gasteiger partial charge in [-0.2, -0.15) is 5.11 Å². The molecule has 2 aliphatic heterocycles. The minimum Gasteiger partial charge on any atom is -0.324 e. The van der Waals surface area contributed by atoms with Crippen molar-refractivity contribution in [3.8, 4) is 0 Å². The average Bonchev–Trinajstić information content (AvgIpc) is 3.24. The molecule has 0 radical (unpaired) electrons. The number of halogens is 1. The Bertz CT molecular complexity index is 1080. The highest BCUT2D eigenvalue weighted by Crippen LogP contribution is 2.33. The number of aryl methyl sites for hydroxylation is 1. The van der Waals surface area contributed by atoms with Gasteiger partial charge in [0.1, 0.15) is 6.54 Å². The Morgan fingerprint density at radius 3 is 2.73 bits per heavy atom. The van der Waals surface area contributed by atoms with Gasteiger partial charge in [0.25, 0.3) is 11.8 Å². The van der Waals surface area contributed by atoms with Crippen LogP contribution >= 0.6 is 23.4 Å². The summed E-state index contributed by atoms with van der Waals surface area (Å²) in [6.45, 7) is 1.63. The third-order valence-electron chi connectivity index (χ3n) is 4.93. The number of amides is 3. The van der Waals surface area contributed by atoms with E-state index in [-0.39, 0.29) is 12.5 Å². The zero-order valence-electron chi connectivity index (χ0n) is 16.2. The second kappa shape index (κ2) is 8.08. The molecule has 0 unspecified atom stereocenters. The number of nitrogens with zero attached hydrogens (tertiary/aromatic N) is 4. The smallest absolute Gasteiger partial charge is 0.263 e. The molecule has 30 heavy (non-hydrogen) atoms. The van der Waals surface area contributed by atoms with Crippen molar-refractivity contribution < 1.29 is 14.4 Å². The van der Waals surface area contributed by atoms with Gasteiger partial charge >= 0.3 is 0 Å². The van der Waals surface area contributed by atoms with Gasteiger partial charge in [0.15, 0.2) is 12.1 Å². The quantitative estimate of drug-likeness (QED) is 0.565. The molecule has 1 saturated heterocycles. The Labute approximate surface area is 182 Å². The molecule has 2 aliphatic rings. The van der Waals surface area contributed by atoms with Gasteiger partial charge in [-0.05, 0) is 49.1 Å². The highest BCUT2D eigenvalue weighted by molar-refractivity contribution is 7.98. The summed E-state index contributed by atoms with van der Waals surface area (Å²) >= 11 is 7.71. The molecule has 0 saturated carbocycles. The van der Waals surface area contributed by atoms with E-state index in [1.807, 2.05) is 31.4 Å². The first-order valence-electron chi connectivity index (χ1n) is 9.14. The number of carbonyl (C=O) groups excluding carboxylic acids is 3. The third kappa shape index (κ3) is 3.66. The summed E-state index contributed by atoms with van der Waals surface area (Å²) in [5.41, 5.74) is 1.86. The van der Waals surface area contributed by atoms with Gasteiger partial charge in [0.05, 0.1) is 5.69 Å². The molecule has 2 aromatic carbocycles. The van der Waals surface area contributed by atoms with Crippen LogP contribution in [0.5, 0.6) is 0 Å². The molecule has 1 fully saturated rings. The maximum Gasteiger partial charge on any atom is 0.263 e. The van der Waals surface area contributed by atoms with E-state index in [0.717, 1.165) is 15.4 Å². The molecule has 2 aromatic rings. The lowest BCUT2D eigenvalue weighted by molar-refractivity contribution is -0.123. The number of hydrogen-bond donors (Lipinski definition) is 1. The van der Waals surface area contributed by atoms with Crippen molar-refractivity contribution in [2.45, 2.75) is 23.9 Å². The second-order valence-electron chi connectivity index (χ2n) is 6.92. The van der Waals surface area contributed by atoms with Gasteiger partial charge in [-0.25, -0.2) is 4.90 Å². The van der Waals surface area contributed by atoms with Crippen LogP contribution in [0.4, 0.5) is 11.4 Å². The number of nitrogens with one attached hydrogen (secondary N) is 1. The molecular weight excluding hydrogens is 426 g/mol. The van der Waals surface area contributed by atoms with Gasteiger partial charge in [-0.1, -0.05) is 29.0 Å². The van der Waals surface area contributed by atoms with E-state index in [4.69, 9.17) is 11.6 Å². The Balaban J connectivity index is 1.49. The van der Waals surface area contributed by atoms with Gasteiger partial charge in [-0.3, -0.25) is 19.4 Å². The molecule has 2 atom stereocenters. The van der Waals surface area contributed by atoms with Crippen LogP contribution < -0.4 is 10.2 Å².